The topological polar surface area (TPSA) is 37.4 Å². The van der Waals surface area contributed by atoms with Crippen LogP contribution in [0.15, 0.2) is 48.5 Å². The van der Waals surface area contributed by atoms with Crippen molar-refractivity contribution in [2.45, 2.75) is 27.3 Å². The van der Waals surface area contributed by atoms with Crippen molar-refractivity contribution in [2.24, 2.45) is 0 Å². The highest BCUT2D eigenvalue weighted by atomic mass is 16.2. The standard InChI is InChI=1S/C16H13NO2.C2H6/c1-11-6-2-3-7-12(11)10-17-15(18)13-8-4-5-9-14(13)16(17)19;1-2/h2-9H,10H2,1H3;1-2H3. The minimum absolute atomic E-state index is 0.205. The minimum atomic E-state index is -0.205. The Hall–Kier alpha value is -2.42. The molecule has 1 aliphatic rings. The molecule has 0 atom stereocenters. The van der Waals surface area contributed by atoms with Gasteiger partial charge in [0.25, 0.3) is 11.8 Å². The maximum absolute atomic E-state index is 12.2. The fraction of sp³-hybridized carbons (Fsp3) is 0.222. The minimum Gasteiger partial charge on any atom is -0.270 e. The lowest BCUT2D eigenvalue weighted by molar-refractivity contribution is 0.0642. The highest BCUT2D eigenvalue weighted by molar-refractivity contribution is 6.21. The monoisotopic (exact) mass is 281 g/mol. The smallest absolute Gasteiger partial charge is 0.261 e. The van der Waals surface area contributed by atoms with E-state index in [2.05, 4.69) is 0 Å². The number of hydrogen-bond donors (Lipinski definition) is 0. The van der Waals surface area contributed by atoms with Crippen LogP contribution in [0.3, 0.4) is 0 Å². The molecular weight excluding hydrogens is 262 g/mol. The van der Waals surface area contributed by atoms with Gasteiger partial charge >= 0.3 is 0 Å². The molecule has 21 heavy (non-hydrogen) atoms. The largest absolute Gasteiger partial charge is 0.270 e. The average molecular weight is 281 g/mol. The van der Waals surface area contributed by atoms with Crippen LogP contribution in [0.1, 0.15) is 45.7 Å². The summed E-state index contributed by atoms with van der Waals surface area (Å²) in [5.74, 6) is -0.410. The van der Waals surface area contributed by atoms with Crippen LogP contribution in [-0.2, 0) is 6.54 Å². The Bertz CT molecular complexity index is 641. The van der Waals surface area contributed by atoms with Crippen molar-refractivity contribution in [1.29, 1.82) is 0 Å². The van der Waals surface area contributed by atoms with Gasteiger partial charge < -0.3 is 0 Å². The first-order valence-electron chi connectivity index (χ1n) is 7.18. The van der Waals surface area contributed by atoms with E-state index < -0.39 is 0 Å². The predicted octanol–water partition coefficient (Wildman–Crippen LogP) is 3.82. The number of benzene rings is 2. The fourth-order valence-electron chi connectivity index (χ4n) is 2.34. The normalized spacial score (nSPS) is 12.8. The van der Waals surface area contributed by atoms with E-state index in [0.29, 0.717) is 17.7 Å². The molecular formula is C18H19NO2. The molecule has 108 valence electrons. The van der Waals surface area contributed by atoms with Crippen molar-refractivity contribution < 1.29 is 9.59 Å². The van der Waals surface area contributed by atoms with E-state index in [-0.39, 0.29) is 11.8 Å². The summed E-state index contributed by atoms with van der Waals surface area (Å²) >= 11 is 0. The Labute approximate surface area is 125 Å². The number of carbonyl (C=O) groups excluding carboxylic acids is 2. The molecule has 0 saturated carbocycles. The lowest BCUT2D eigenvalue weighted by Crippen LogP contribution is -2.29. The van der Waals surface area contributed by atoms with Gasteiger partial charge in [-0.1, -0.05) is 50.2 Å². The third-order valence-electron chi connectivity index (χ3n) is 3.47. The molecule has 0 spiro atoms. The summed E-state index contributed by atoms with van der Waals surface area (Å²) in [5.41, 5.74) is 3.08. The molecule has 0 N–H and O–H groups in total. The molecule has 3 rings (SSSR count). The summed E-state index contributed by atoms with van der Waals surface area (Å²) in [5, 5.41) is 0. The summed E-state index contributed by atoms with van der Waals surface area (Å²) < 4.78 is 0. The van der Waals surface area contributed by atoms with Crippen molar-refractivity contribution in [3.05, 3.63) is 70.8 Å². The Morgan fingerprint density at radius 2 is 1.29 bits per heavy atom. The Kier molecular flexibility index (Phi) is 4.53. The van der Waals surface area contributed by atoms with E-state index in [1.54, 1.807) is 24.3 Å². The van der Waals surface area contributed by atoms with Gasteiger partial charge in [-0.25, -0.2) is 0 Å². The molecule has 2 amide bonds. The van der Waals surface area contributed by atoms with Crippen LogP contribution in [0, 0.1) is 6.92 Å². The van der Waals surface area contributed by atoms with Crippen molar-refractivity contribution in [2.75, 3.05) is 0 Å². The average Bonchev–Trinajstić information content (AvgIpc) is 2.77. The molecule has 0 fully saturated rings. The number of fused-ring (bicyclic) bond motifs is 1. The Balaban J connectivity index is 0.000000774. The molecule has 3 nitrogen and oxygen atoms in total. The van der Waals surface area contributed by atoms with Gasteiger partial charge in [0.15, 0.2) is 0 Å². The van der Waals surface area contributed by atoms with Crippen molar-refractivity contribution in [3.8, 4) is 0 Å². The Morgan fingerprint density at radius 3 is 1.81 bits per heavy atom. The molecule has 2 aromatic rings. The van der Waals surface area contributed by atoms with Crippen molar-refractivity contribution in [3.63, 3.8) is 0 Å². The van der Waals surface area contributed by atoms with E-state index in [0.717, 1.165) is 11.1 Å². The predicted molar refractivity (Wildman–Crippen MR) is 83.2 cm³/mol. The fourth-order valence-corrected chi connectivity index (χ4v) is 2.34. The third-order valence-corrected chi connectivity index (χ3v) is 3.47. The number of rotatable bonds is 2. The molecule has 0 aromatic heterocycles. The zero-order valence-electron chi connectivity index (χ0n) is 12.6. The molecule has 2 aromatic carbocycles. The second-order valence-corrected chi connectivity index (χ2v) is 4.67. The molecule has 1 heterocycles. The molecule has 0 aliphatic carbocycles. The second kappa shape index (κ2) is 6.35. The van der Waals surface area contributed by atoms with Crippen LogP contribution in [0.5, 0.6) is 0 Å². The van der Waals surface area contributed by atoms with Crippen molar-refractivity contribution >= 4 is 11.8 Å². The van der Waals surface area contributed by atoms with E-state index in [1.165, 1.54) is 4.90 Å². The van der Waals surface area contributed by atoms with Crippen LogP contribution >= 0.6 is 0 Å². The molecule has 0 saturated heterocycles. The van der Waals surface area contributed by atoms with Gasteiger partial charge in [-0.05, 0) is 30.2 Å². The summed E-state index contributed by atoms with van der Waals surface area (Å²) in [6.07, 6.45) is 0. The number of imide groups is 1. The summed E-state index contributed by atoms with van der Waals surface area (Å²) in [6.45, 7) is 6.31. The molecule has 3 heteroatoms. The number of nitrogens with zero attached hydrogens (tertiary/aromatic N) is 1. The van der Waals surface area contributed by atoms with Crippen LogP contribution in [0.25, 0.3) is 0 Å². The SMILES string of the molecule is CC.Cc1ccccc1CN1C(=O)c2ccccc2C1=O. The maximum atomic E-state index is 12.2. The van der Waals surface area contributed by atoms with E-state index in [9.17, 15) is 9.59 Å². The zero-order chi connectivity index (χ0) is 15.4. The maximum Gasteiger partial charge on any atom is 0.261 e. The third kappa shape index (κ3) is 2.72. The van der Waals surface area contributed by atoms with Crippen LogP contribution in [-0.4, -0.2) is 16.7 Å². The van der Waals surface area contributed by atoms with Crippen LogP contribution in [0.2, 0.25) is 0 Å². The summed E-state index contributed by atoms with van der Waals surface area (Å²) in [7, 11) is 0. The number of amides is 2. The molecule has 0 unspecified atom stereocenters. The second-order valence-electron chi connectivity index (χ2n) is 4.67. The first-order chi connectivity index (χ1) is 10.2. The Morgan fingerprint density at radius 1 is 0.810 bits per heavy atom. The quantitative estimate of drug-likeness (QED) is 0.785. The van der Waals surface area contributed by atoms with Gasteiger partial charge in [0.05, 0.1) is 17.7 Å². The lowest BCUT2D eigenvalue weighted by atomic mass is 10.1. The first-order valence-corrected chi connectivity index (χ1v) is 7.18. The lowest BCUT2D eigenvalue weighted by Gasteiger charge is -2.15. The number of hydrogen-bond acceptors (Lipinski definition) is 2. The van der Waals surface area contributed by atoms with Gasteiger partial charge in [-0.2, -0.15) is 0 Å². The summed E-state index contributed by atoms with van der Waals surface area (Å²) in [6, 6.07) is 14.7. The highest BCUT2D eigenvalue weighted by Crippen LogP contribution is 2.24. The number of aryl methyl sites for hydroxylation is 1. The van der Waals surface area contributed by atoms with E-state index in [1.807, 2.05) is 45.0 Å². The molecule has 1 aliphatic heterocycles. The van der Waals surface area contributed by atoms with Crippen LogP contribution < -0.4 is 0 Å². The van der Waals surface area contributed by atoms with Gasteiger partial charge in [0.1, 0.15) is 0 Å². The van der Waals surface area contributed by atoms with E-state index in [4.69, 9.17) is 0 Å². The van der Waals surface area contributed by atoms with Crippen LogP contribution in [0.4, 0.5) is 0 Å². The zero-order valence-corrected chi connectivity index (χ0v) is 12.6. The van der Waals surface area contributed by atoms with Gasteiger partial charge in [-0.3, -0.25) is 14.5 Å². The van der Waals surface area contributed by atoms with Gasteiger partial charge in [-0.15, -0.1) is 0 Å². The van der Waals surface area contributed by atoms with Crippen molar-refractivity contribution in [1.82, 2.24) is 4.90 Å². The summed E-state index contributed by atoms with van der Waals surface area (Å²) in [4.78, 5) is 25.8. The molecule has 0 radical (unpaired) electrons. The molecule has 0 bridgehead atoms. The number of carbonyl (C=O) groups is 2. The highest BCUT2D eigenvalue weighted by Gasteiger charge is 2.34. The van der Waals surface area contributed by atoms with E-state index >= 15 is 0 Å². The van der Waals surface area contributed by atoms with Gasteiger partial charge in [0, 0.05) is 0 Å². The first kappa shape index (κ1) is 15.0. The van der Waals surface area contributed by atoms with Gasteiger partial charge in [0.2, 0.25) is 0 Å².